The summed E-state index contributed by atoms with van der Waals surface area (Å²) in [6.07, 6.45) is 2.87. The largest absolute Gasteiger partial charge is 0.316 e. The molecule has 10 heavy (non-hydrogen) atoms. The van der Waals surface area contributed by atoms with Crippen LogP contribution in [0.3, 0.4) is 0 Å². The predicted molar refractivity (Wildman–Crippen MR) is 41.9 cm³/mol. The highest BCUT2D eigenvalue weighted by atomic mass is 15.0. The predicted octanol–water partition coefficient (Wildman–Crippen LogP) is 0.204. The average molecular weight is 140 g/mol. The standard InChI is InChI=1S/C8H16N2/c1-9-8-6-2-3-7(8)5-10-4-6/h6-10H,2-5H2,1H3. The Labute approximate surface area is 62.4 Å². The lowest BCUT2D eigenvalue weighted by Crippen LogP contribution is -2.47. The number of hydrogen-bond donors (Lipinski definition) is 2. The van der Waals surface area contributed by atoms with E-state index in [4.69, 9.17) is 0 Å². The zero-order chi connectivity index (χ0) is 6.97. The molecule has 1 saturated carbocycles. The van der Waals surface area contributed by atoms with Gasteiger partial charge >= 0.3 is 0 Å². The van der Waals surface area contributed by atoms with Crippen molar-refractivity contribution < 1.29 is 0 Å². The molecular weight excluding hydrogens is 124 g/mol. The molecule has 0 aromatic rings. The molecule has 1 aliphatic heterocycles. The highest BCUT2D eigenvalue weighted by Crippen LogP contribution is 2.32. The van der Waals surface area contributed by atoms with E-state index in [1.807, 2.05) is 0 Å². The molecule has 2 atom stereocenters. The molecule has 2 rings (SSSR count). The topological polar surface area (TPSA) is 24.1 Å². The number of fused-ring (bicyclic) bond motifs is 2. The van der Waals surface area contributed by atoms with Crippen molar-refractivity contribution in [1.82, 2.24) is 10.6 Å². The van der Waals surface area contributed by atoms with Crippen LogP contribution in [-0.2, 0) is 0 Å². The van der Waals surface area contributed by atoms with Gasteiger partial charge in [-0.05, 0) is 44.8 Å². The van der Waals surface area contributed by atoms with Gasteiger partial charge in [0.15, 0.2) is 0 Å². The quantitative estimate of drug-likeness (QED) is 0.544. The normalized spacial score (nSPS) is 45.9. The lowest BCUT2D eigenvalue weighted by molar-refractivity contribution is 0.286. The number of hydrogen-bond acceptors (Lipinski definition) is 2. The molecule has 2 fully saturated rings. The lowest BCUT2D eigenvalue weighted by Gasteiger charge is -2.30. The lowest BCUT2D eigenvalue weighted by atomic mass is 9.94. The Morgan fingerprint density at radius 1 is 1.20 bits per heavy atom. The van der Waals surface area contributed by atoms with Gasteiger partial charge in [-0.25, -0.2) is 0 Å². The van der Waals surface area contributed by atoms with Crippen molar-refractivity contribution in [2.75, 3.05) is 20.1 Å². The van der Waals surface area contributed by atoms with E-state index in [9.17, 15) is 0 Å². The van der Waals surface area contributed by atoms with Gasteiger partial charge in [-0.1, -0.05) is 0 Å². The summed E-state index contributed by atoms with van der Waals surface area (Å²) in [5.41, 5.74) is 0. The summed E-state index contributed by atoms with van der Waals surface area (Å²) in [6.45, 7) is 2.48. The molecule has 58 valence electrons. The van der Waals surface area contributed by atoms with Crippen molar-refractivity contribution in [3.63, 3.8) is 0 Å². The minimum Gasteiger partial charge on any atom is -0.316 e. The second-order valence-electron chi connectivity index (χ2n) is 3.57. The maximum absolute atomic E-state index is 3.47. The molecule has 1 saturated heterocycles. The summed E-state index contributed by atoms with van der Waals surface area (Å²) in [7, 11) is 2.10. The molecule has 0 spiro atoms. The molecule has 2 heteroatoms. The summed E-state index contributed by atoms with van der Waals surface area (Å²) < 4.78 is 0. The molecule has 2 unspecified atom stereocenters. The Morgan fingerprint density at radius 3 is 2.20 bits per heavy atom. The van der Waals surface area contributed by atoms with Crippen LogP contribution >= 0.6 is 0 Å². The molecule has 1 aliphatic carbocycles. The van der Waals surface area contributed by atoms with Crippen LogP contribution in [0, 0.1) is 11.8 Å². The molecule has 2 nitrogen and oxygen atoms in total. The third-order valence-electron chi connectivity index (χ3n) is 3.07. The monoisotopic (exact) mass is 140 g/mol. The van der Waals surface area contributed by atoms with E-state index in [0.29, 0.717) is 0 Å². The van der Waals surface area contributed by atoms with Gasteiger partial charge in [-0.15, -0.1) is 0 Å². The van der Waals surface area contributed by atoms with Crippen LogP contribution in [0.25, 0.3) is 0 Å². The summed E-state index contributed by atoms with van der Waals surface area (Å²) in [6, 6.07) is 0.821. The van der Waals surface area contributed by atoms with E-state index < -0.39 is 0 Å². The third-order valence-corrected chi connectivity index (χ3v) is 3.07. The Hall–Kier alpha value is -0.0800. The summed E-state index contributed by atoms with van der Waals surface area (Å²) >= 11 is 0. The van der Waals surface area contributed by atoms with E-state index in [1.54, 1.807) is 0 Å². The van der Waals surface area contributed by atoms with Gasteiger partial charge < -0.3 is 10.6 Å². The fourth-order valence-corrected chi connectivity index (χ4v) is 2.56. The van der Waals surface area contributed by atoms with Gasteiger partial charge in [0.25, 0.3) is 0 Å². The van der Waals surface area contributed by atoms with Gasteiger partial charge in [-0.2, -0.15) is 0 Å². The minimum atomic E-state index is 0.821. The highest BCUT2D eigenvalue weighted by molar-refractivity contribution is 4.94. The van der Waals surface area contributed by atoms with Crippen LogP contribution in [0.5, 0.6) is 0 Å². The van der Waals surface area contributed by atoms with Crippen molar-refractivity contribution in [3.8, 4) is 0 Å². The van der Waals surface area contributed by atoms with Gasteiger partial charge in [0.1, 0.15) is 0 Å². The second-order valence-corrected chi connectivity index (χ2v) is 3.57. The van der Waals surface area contributed by atoms with Crippen molar-refractivity contribution in [1.29, 1.82) is 0 Å². The van der Waals surface area contributed by atoms with Gasteiger partial charge in [-0.3, -0.25) is 0 Å². The SMILES string of the molecule is CNC1C2CCC1CNC2. The zero-order valence-corrected chi connectivity index (χ0v) is 6.56. The van der Waals surface area contributed by atoms with E-state index in [0.717, 1.165) is 17.9 Å². The summed E-state index contributed by atoms with van der Waals surface area (Å²) in [5.74, 6) is 1.84. The molecule has 0 aromatic heterocycles. The molecule has 0 amide bonds. The average Bonchev–Trinajstić information content (AvgIpc) is 2.19. The highest BCUT2D eigenvalue weighted by Gasteiger charge is 2.37. The fraction of sp³-hybridized carbons (Fsp3) is 1.00. The Kier molecular flexibility index (Phi) is 1.66. The number of nitrogens with one attached hydrogen (secondary N) is 2. The Bertz CT molecular complexity index is 108. The molecule has 2 bridgehead atoms. The first-order valence-corrected chi connectivity index (χ1v) is 4.30. The fourth-order valence-electron chi connectivity index (χ4n) is 2.56. The van der Waals surface area contributed by atoms with Crippen LogP contribution in [0.15, 0.2) is 0 Å². The molecule has 0 aromatic carbocycles. The third kappa shape index (κ3) is 0.867. The van der Waals surface area contributed by atoms with Gasteiger partial charge in [0.05, 0.1) is 0 Å². The molecule has 0 radical (unpaired) electrons. The van der Waals surface area contributed by atoms with E-state index >= 15 is 0 Å². The van der Waals surface area contributed by atoms with Crippen molar-refractivity contribution in [3.05, 3.63) is 0 Å². The van der Waals surface area contributed by atoms with Crippen LogP contribution < -0.4 is 10.6 Å². The van der Waals surface area contributed by atoms with Gasteiger partial charge in [0.2, 0.25) is 0 Å². The summed E-state index contributed by atoms with van der Waals surface area (Å²) in [5, 5.41) is 6.90. The van der Waals surface area contributed by atoms with Crippen LogP contribution in [0.1, 0.15) is 12.8 Å². The van der Waals surface area contributed by atoms with Crippen molar-refractivity contribution in [2.45, 2.75) is 18.9 Å². The maximum Gasteiger partial charge on any atom is 0.0145 e. The number of piperidine rings is 1. The first kappa shape index (κ1) is 6.62. The van der Waals surface area contributed by atoms with Gasteiger partial charge in [0, 0.05) is 6.04 Å². The number of rotatable bonds is 1. The Morgan fingerprint density at radius 2 is 1.80 bits per heavy atom. The van der Waals surface area contributed by atoms with Crippen molar-refractivity contribution in [2.24, 2.45) is 11.8 Å². The molecule has 2 N–H and O–H groups in total. The molecule has 1 heterocycles. The second kappa shape index (κ2) is 2.51. The van der Waals surface area contributed by atoms with Crippen LogP contribution in [0.2, 0.25) is 0 Å². The van der Waals surface area contributed by atoms with Crippen LogP contribution in [0.4, 0.5) is 0 Å². The van der Waals surface area contributed by atoms with Crippen molar-refractivity contribution >= 4 is 0 Å². The Balaban J connectivity index is 2.06. The zero-order valence-electron chi connectivity index (χ0n) is 6.56. The minimum absolute atomic E-state index is 0.821. The summed E-state index contributed by atoms with van der Waals surface area (Å²) in [4.78, 5) is 0. The maximum atomic E-state index is 3.47. The molecule has 2 aliphatic rings. The smallest absolute Gasteiger partial charge is 0.0145 e. The van der Waals surface area contributed by atoms with Crippen LogP contribution in [-0.4, -0.2) is 26.2 Å². The molecular formula is C8H16N2. The van der Waals surface area contributed by atoms with E-state index in [2.05, 4.69) is 17.7 Å². The van der Waals surface area contributed by atoms with E-state index in [-0.39, 0.29) is 0 Å². The van der Waals surface area contributed by atoms with E-state index in [1.165, 1.54) is 25.9 Å². The first-order chi connectivity index (χ1) is 4.92. The first-order valence-electron chi connectivity index (χ1n) is 4.30.